The van der Waals surface area contributed by atoms with Crippen molar-refractivity contribution in [2.45, 2.75) is 156 Å². The van der Waals surface area contributed by atoms with E-state index in [9.17, 15) is 4.79 Å². The summed E-state index contributed by atoms with van der Waals surface area (Å²) in [6.07, 6.45) is 25.9. The second-order valence-corrected chi connectivity index (χ2v) is 10.1. The number of unbranched alkanes of at least 4 members (excludes halogenated alkanes) is 14. The van der Waals surface area contributed by atoms with Crippen molar-refractivity contribution in [3.63, 3.8) is 0 Å². The summed E-state index contributed by atoms with van der Waals surface area (Å²) in [4.78, 5) is 11.8. The summed E-state index contributed by atoms with van der Waals surface area (Å²) in [5, 5.41) is 0. The van der Waals surface area contributed by atoms with E-state index in [0.717, 1.165) is 18.8 Å². The second kappa shape index (κ2) is 23.1. The number of ether oxygens (including phenoxy) is 1. The molecule has 0 unspecified atom stereocenters. The molecule has 0 aliphatic rings. The second-order valence-electron chi connectivity index (χ2n) is 10.1. The molecule has 0 aromatic heterocycles. The lowest BCUT2D eigenvalue weighted by molar-refractivity contribution is -0.144. The third-order valence-electron chi connectivity index (χ3n) is 6.34. The van der Waals surface area contributed by atoms with Crippen LogP contribution >= 0.6 is 0 Å². The van der Waals surface area contributed by atoms with Crippen LogP contribution in [0.1, 0.15) is 156 Å². The molecule has 0 heterocycles. The minimum Gasteiger partial charge on any atom is -0.466 e. The van der Waals surface area contributed by atoms with Gasteiger partial charge in [0.25, 0.3) is 0 Å². The van der Waals surface area contributed by atoms with Crippen molar-refractivity contribution in [3.8, 4) is 0 Å². The third-order valence-corrected chi connectivity index (χ3v) is 6.34. The van der Waals surface area contributed by atoms with Crippen LogP contribution in [0.2, 0.25) is 0 Å². The van der Waals surface area contributed by atoms with Gasteiger partial charge in [-0.15, -0.1) is 0 Å². The molecule has 0 bridgehead atoms. The minimum absolute atomic E-state index is 0.0130. The summed E-state index contributed by atoms with van der Waals surface area (Å²) >= 11 is 0. The fraction of sp³-hybridized carbons (Fsp3) is 0.964. The van der Waals surface area contributed by atoms with Gasteiger partial charge in [0, 0.05) is 6.42 Å². The Labute approximate surface area is 190 Å². The molecule has 0 saturated heterocycles. The zero-order valence-corrected chi connectivity index (χ0v) is 21.3. The Morgan fingerprint density at radius 3 is 1.53 bits per heavy atom. The van der Waals surface area contributed by atoms with Gasteiger partial charge in [-0.05, 0) is 24.7 Å². The lowest BCUT2D eigenvalue weighted by Crippen LogP contribution is -2.08. The third kappa shape index (κ3) is 23.7. The van der Waals surface area contributed by atoms with Gasteiger partial charge in [-0.1, -0.05) is 137 Å². The van der Waals surface area contributed by atoms with Crippen LogP contribution in [0.4, 0.5) is 0 Å². The maximum Gasteiger partial charge on any atom is 0.305 e. The number of carbonyl (C=O) groups is 1. The summed E-state index contributed by atoms with van der Waals surface area (Å²) < 4.78 is 5.42. The first kappa shape index (κ1) is 29.5. The zero-order valence-electron chi connectivity index (χ0n) is 21.3. The normalized spacial score (nSPS) is 12.4. The molecule has 0 aliphatic heterocycles. The molecule has 180 valence electrons. The highest BCUT2D eigenvalue weighted by atomic mass is 16.5. The summed E-state index contributed by atoms with van der Waals surface area (Å²) in [6, 6.07) is 0. The maximum absolute atomic E-state index is 11.8. The fourth-order valence-electron chi connectivity index (χ4n) is 4.11. The standard InChI is InChI=1S/C28H56O2/c1-5-6-7-8-9-10-11-12-13-14-15-16-17-18-19-23-28(29)30-25-24-27(4)22-20-21-26(2)3/h26-27H,5-25H2,1-4H3/t27-/m0/s1. The smallest absolute Gasteiger partial charge is 0.305 e. The number of rotatable bonds is 23. The molecule has 1 atom stereocenters. The first-order valence-electron chi connectivity index (χ1n) is 13.7. The van der Waals surface area contributed by atoms with Crippen molar-refractivity contribution in [2.75, 3.05) is 6.61 Å². The lowest BCUT2D eigenvalue weighted by atomic mass is 9.98. The largest absolute Gasteiger partial charge is 0.466 e. The number of hydrogen-bond acceptors (Lipinski definition) is 2. The first-order valence-corrected chi connectivity index (χ1v) is 13.7. The lowest BCUT2D eigenvalue weighted by Gasteiger charge is -2.12. The van der Waals surface area contributed by atoms with E-state index in [1.165, 1.54) is 109 Å². The van der Waals surface area contributed by atoms with Crippen LogP contribution in [-0.4, -0.2) is 12.6 Å². The van der Waals surface area contributed by atoms with E-state index in [2.05, 4.69) is 27.7 Å². The molecule has 0 aliphatic carbocycles. The van der Waals surface area contributed by atoms with E-state index in [-0.39, 0.29) is 5.97 Å². The Kier molecular flexibility index (Phi) is 22.7. The van der Waals surface area contributed by atoms with Gasteiger partial charge in [-0.2, -0.15) is 0 Å². The molecule has 30 heavy (non-hydrogen) atoms. The van der Waals surface area contributed by atoms with Gasteiger partial charge >= 0.3 is 5.97 Å². The van der Waals surface area contributed by atoms with Crippen molar-refractivity contribution in [1.82, 2.24) is 0 Å². The zero-order chi connectivity index (χ0) is 22.3. The minimum atomic E-state index is 0.0130. The quantitative estimate of drug-likeness (QED) is 0.120. The van der Waals surface area contributed by atoms with Crippen LogP contribution < -0.4 is 0 Å². The molecule has 0 rings (SSSR count). The van der Waals surface area contributed by atoms with Crippen molar-refractivity contribution in [3.05, 3.63) is 0 Å². The number of carbonyl (C=O) groups excluding carboxylic acids is 1. The van der Waals surface area contributed by atoms with Crippen LogP contribution in [0.25, 0.3) is 0 Å². The number of esters is 1. The van der Waals surface area contributed by atoms with Gasteiger partial charge in [-0.3, -0.25) is 4.79 Å². The summed E-state index contributed by atoms with van der Waals surface area (Å²) in [5.41, 5.74) is 0. The maximum atomic E-state index is 11.8. The average molecular weight is 425 g/mol. The Morgan fingerprint density at radius 1 is 0.600 bits per heavy atom. The Hall–Kier alpha value is -0.530. The van der Waals surface area contributed by atoms with E-state index in [4.69, 9.17) is 4.74 Å². The van der Waals surface area contributed by atoms with E-state index >= 15 is 0 Å². The predicted molar refractivity (Wildman–Crippen MR) is 133 cm³/mol. The van der Waals surface area contributed by atoms with Gasteiger partial charge in [0.2, 0.25) is 0 Å². The molecular weight excluding hydrogens is 368 g/mol. The topological polar surface area (TPSA) is 26.3 Å². The van der Waals surface area contributed by atoms with Crippen LogP contribution in [0.3, 0.4) is 0 Å². The van der Waals surface area contributed by atoms with Crippen LogP contribution in [0, 0.1) is 11.8 Å². The Bertz CT molecular complexity index is 351. The van der Waals surface area contributed by atoms with E-state index < -0.39 is 0 Å². The highest BCUT2D eigenvalue weighted by Crippen LogP contribution is 2.16. The molecule has 0 radical (unpaired) electrons. The molecule has 0 aromatic carbocycles. The van der Waals surface area contributed by atoms with E-state index in [1.54, 1.807) is 0 Å². The Morgan fingerprint density at radius 2 is 1.07 bits per heavy atom. The van der Waals surface area contributed by atoms with Crippen molar-refractivity contribution >= 4 is 5.97 Å². The molecule has 2 heteroatoms. The molecule has 2 nitrogen and oxygen atoms in total. The molecule has 0 N–H and O–H groups in total. The van der Waals surface area contributed by atoms with Gasteiger partial charge in [0.1, 0.15) is 0 Å². The number of hydrogen-bond donors (Lipinski definition) is 0. The van der Waals surface area contributed by atoms with Gasteiger partial charge in [0.15, 0.2) is 0 Å². The highest BCUT2D eigenvalue weighted by molar-refractivity contribution is 5.69. The highest BCUT2D eigenvalue weighted by Gasteiger charge is 2.06. The van der Waals surface area contributed by atoms with Crippen LogP contribution in [0.5, 0.6) is 0 Å². The van der Waals surface area contributed by atoms with Gasteiger partial charge in [0.05, 0.1) is 6.61 Å². The van der Waals surface area contributed by atoms with Gasteiger partial charge in [-0.25, -0.2) is 0 Å². The van der Waals surface area contributed by atoms with Gasteiger partial charge < -0.3 is 4.74 Å². The van der Waals surface area contributed by atoms with Crippen LogP contribution in [-0.2, 0) is 9.53 Å². The molecule has 0 spiro atoms. The fourth-order valence-corrected chi connectivity index (χ4v) is 4.11. The average Bonchev–Trinajstić information content (AvgIpc) is 2.70. The SMILES string of the molecule is CCCCCCCCCCCCCCCCCC(=O)OCC[C@@H](C)CCCC(C)C. The molecule has 0 saturated carbocycles. The first-order chi connectivity index (χ1) is 14.6. The van der Waals surface area contributed by atoms with E-state index in [1.807, 2.05) is 0 Å². The molecular formula is C28H56O2. The van der Waals surface area contributed by atoms with Crippen molar-refractivity contribution in [2.24, 2.45) is 11.8 Å². The summed E-state index contributed by atoms with van der Waals surface area (Å²) in [6.45, 7) is 9.74. The summed E-state index contributed by atoms with van der Waals surface area (Å²) in [7, 11) is 0. The molecule has 0 amide bonds. The van der Waals surface area contributed by atoms with Crippen LogP contribution in [0.15, 0.2) is 0 Å². The van der Waals surface area contributed by atoms with Crippen molar-refractivity contribution < 1.29 is 9.53 Å². The van der Waals surface area contributed by atoms with Crippen molar-refractivity contribution in [1.29, 1.82) is 0 Å². The molecule has 0 fully saturated rings. The molecule has 0 aromatic rings. The predicted octanol–water partition coefficient (Wildman–Crippen LogP) is 9.64. The Balaban J connectivity index is 3.24. The van der Waals surface area contributed by atoms with E-state index in [0.29, 0.717) is 18.9 Å². The summed E-state index contributed by atoms with van der Waals surface area (Å²) in [5.74, 6) is 1.48. The monoisotopic (exact) mass is 424 g/mol.